The molecule has 0 aliphatic rings. The second-order valence-electron chi connectivity index (χ2n) is 12.2. The average molecular weight is 630 g/mol. The Labute approximate surface area is 284 Å². The Hall–Kier alpha value is -5.96. The van der Waals surface area contributed by atoms with Crippen molar-refractivity contribution in [3.05, 3.63) is 188 Å². The molecule has 1 nitrogen and oxygen atoms in total. The smallest absolute Gasteiger partial charge is 0.0547 e. The number of benzene rings is 8. The van der Waals surface area contributed by atoms with Crippen molar-refractivity contribution >= 4 is 59.3 Å². The molecule has 1 heterocycles. The number of hydrogen-bond donors (Lipinski definition) is 0. The summed E-state index contributed by atoms with van der Waals surface area (Å²) in [5, 5.41) is 5.09. The van der Waals surface area contributed by atoms with Gasteiger partial charge in [-0.15, -0.1) is 11.3 Å². The Kier molecular flexibility index (Phi) is 7.07. The monoisotopic (exact) mass is 629 g/mol. The molecule has 0 fully saturated rings. The summed E-state index contributed by atoms with van der Waals surface area (Å²) >= 11 is 1.89. The summed E-state index contributed by atoms with van der Waals surface area (Å²) in [5.41, 5.74) is 10.8. The maximum atomic E-state index is 2.42. The number of fused-ring (bicyclic) bond motifs is 5. The molecule has 0 atom stereocenters. The second-order valence-corrected chi connectivity index (χ2v) is 13.2. The van der Waals surface area contributed by atoms with Gasteiger partial charge < -0.3 is 4.90 Å². The van der Waals surface area contributed by atoms with Gasteiger partial charge in [-0.1, -0.05) is 152 Å². The van der Waals surface area contributed by atoms with Gasteiger partial charge in [-0.3, -0.25) is 0 Å². The van der Waals surface area contributed by atoms with Gasteiger partial charge >= 0.3 is 0 Å². The van der Waals surface area contributed by atoms with Crippen molar-refractivity contribution in [1.82, 2.24) is 0 Å². The third-order valence-corrected chi connectivity index (χ3v) is 10.5. The summed E-state index contributed by atoms with van der Waals surface area (Å²) in [6.45, 7) is 0. The van der Waals surface area contributed by atoms with Crippen molar-refractivity contribution in [2.24, 2.45) is 0 Å². The highest BCUT2D eigenvalue weighted by Gasteiger charge is 2.20. The van der Waals surface area contributed by atoms with Crippen LogP contribution in [0.5, 0.6) is 0 Å². The molecule has 9 aromatic rings. The number of rotatable bonds is 6. The third kappa shape index (κ3) is 5.04. The molecule has 2 heteroatoms. The van der Waals surface area contributed by atoms with Crippen LogP contribution in [0.15, 0.2) is 188 Å². The molecule has 0 spiro atoms. The lowest BCUT2D eigenvalue weighted by molar-refractivity contribution is 1.30. The SMILES string of the molecule is c1ccc(-c2ccc(N(c3ccc(-c4ccccc4)cc3)c3cc4c5ccc(-c6ccccc6)cc5sc4c4ccccc34)cc2)cc1. The molecule has 226 valence electrons. The fraction of sp³-hybridized carbons (Fsp3) is 0. The highest BCUT2D eigenvalue weighted by Crippen LogP contribution is 2.47. The summed E-state index contributed by atoms with van der Waals surface area (Å²) in [6, 6.07) is 68.0. The van der Waals surface area contributed by atoms with Crippen LogP contribution in [-0.4, -0.2) is 0 Å². The van der Waals surface area contributed by atoms with Gasteiger partial charge in [0.05, 0.1) is 5.69 Å². The fourth-order valence-corrected chi connectivity index (χ4v) is 8.13. The molecular weight excluding hydrogens is 599 g/mol. The maximum Gasteiger partial charge on any atom is 0.0547 e. The molecule has 0 saturated heterocycles. The average Bonchev–Trinajstić information content (AvgIpc) is 3.55. The number of nitrogens with zero attached hydrogens (tertiary/aromatic N) is 1. The summed E-state index contributed by atoms with van der Waals surface area (Å²) < 4.78 is 2.63. The second kappa shape index (κ2) is 12.0. The zero-order chi connectivity index (χ0) is 31.9. The number of hydrogen-bond acceptors (Lipinski definition) is 2. The molecule has 0 amide bonds. The molecule has 0 bridgehead atoms. The summed E-state index contributed by atoms with van der Waals surface area (Å²) in [6.07, 6.45) is 0. The summed E-state index contributed by atoms with van der Waals surface area (Å²) in [5.74, 6) is 0. The zero-order valence-corrected chi connectivity index (χ0v) is 27.1. The van der Waals surface area contributed by atoms with Gasteiger partial charge in [0.25, 0.3) is 0 Å². The molecule has 8 aromatic carbocycles. The van der Waals surface area contributed by atoms with Gasteiger partial charge in [0, 0.05) is 42.3 Å². The minimum atomic E-state index is 1.12. The van der Waals surface area contributed by atoms with Gasteiger partial charge in [0.15, 0.2) is 0 Å². The molecule has 0 aliphatic heterocycles. The van der Waals surface area contributed by atoms with Crippen LogP contribution in [0.4, 0.5) is 17.1 Å². The number of thiophene rings is 1. The van der Waals surface area contributed by atoms with Crippen molar-refractivity contribution in [2.45, 2.75) is 0 Å². The molecular formula is C46H31NS. The van der Waals surface area contributed by atoms with E-state index in [4.69, 9.17) is 0 Å². The Morgan fingerprint density at radius 3 is 1.29 bits per heavy atom. The van der Waals surface area contributed by atoms with Crippen molar-refractivity contribution in [2.75, 3.05) is 4.90 Å². The largest absolute Gasteiger partial charge is 0.310 e. The molecule has 9 rings (SSSR count). The zero-order valence-electron chi connectivity index (χ0n) is 26.3. The first-order valence-electron chi connectivity index (χ1n) is 16.3. The minimum Gasteiger partial charge on any atom is -0.310 e. The Morgan fingerprint density at radius 2 is 0.750 bits per heavy atom. The Morgan fingerprint density at radius 1 is 0.312 bits per heavy atom. The van der Waals surface area contributed by atoms with E-state index in [1.165, 1.54) is 70.0 Å². The van der Waals surface area contributed by atoms with E-state index >= 15 is 0 Å². The van der Waals surface area contributed by atoms with E-state index in [0.29, 0.717) is 0 Å². The third-order valence-electron chi connectivity index (χ3n) is 9.27. The van der Waals surface area contributed by atoms with Crippen LogP contribution in [0, 0.1) is 0 Å². The van der Waals surface area contributed by atoms with Crippen molar-refractivity contribution in [3.63, 3.8) is 0 Å². The minimum absolute atomic E-state index is 1.12. The van der Waals surface area contributed by atoms with Crippen LogP contribution in [0.3, 0.4) is 0 Å². The molecule has 1 aromatic heterocycles. The van der Waals surface area contributed by atoms with Gasteiger partial charge in [-0.25, -0.2) is 0 Å². The normalized spacial score (nSPS) is 11.3. The van der Waals surface area contributed by atoms with Gasteiger partial charge in [0.1, 0.15) is 0 Å². The van der Waals surface area contributed by atoms with E-state index < -0.39 is 0 Å². The maximum absolute atomic E-state index is 2.42. The van der Waals surface area contributed by atoms with Crippen LogP contribution in [0.1, 0.15) is 0 Å². The van der Waals surface area contributed by atoms with E-state index in [0.717, 1.165) is 11.4 Å². The lowest BCUT2D eigenvalue weighted by Gasteiger charge is -2.27. The number of anilines is 3. The van der Waals surface area contributed by atoms with E-state index in [1.807, 2.05) is 11.3 Å². The molecule has 0 radical (unpaired) electrons. The van der Waals surface area contributed by atoms with Crippen LogP contribution in [-0.2, 0) is 0 Å². The first-order valence-corrected chi connectivity index (χ1v) is 17.2. The molecule has 0 unspecified atom stereocenters. The predicted octanol–water partition coefficient (Wildman–Crippen LogP) is 13.7. The van der Waals surface area contributed by atoms with Crippen LogP contribution in [0.2, 0.25) is 0 Å². The Balaban J connectivity index is 1.25. The van der Waals surface area contributed by atoms with Crippen molar-refractivity contribution < 1.29 is 0 Å². The summed E-state index contributed by atoms with van der Waals surface area (Å²) in [4.78, 5) is 2.42. The quantitative estimate of drug-likeness (QED) is 0.177. The highest BCUT2D eigenvalue weighted by molar-refractivity contribution is 7.26. The Bertz CT molecular complexity index is 2430. The van der Waals surface area contributed by atoms with Crippen LogP contribution in [0.25, 0.3) is 64.3 Å². The van der Waals surface area contributed by atoms with Crippen molar-refractivity contribution in [1.29, 1.82) is 0 Å². The first-order chi connectivity index (χ1) is 23.8. The van der Waals surface area contributed by atoms with E-state index in [-0.39, 0.29) is 0 Å². The standard InChI is InChI=1S/C46H31NS/c1-4-12-32(13-5-1)35-20-25-38(26-21-35)47(39-27-22-36(23-28-39)33-14-6-2-7-15-33)44-31-43-41-29-24-37(34-16-8-3-9-17-34)30-45(41)48-46(43)42-19-11-10-18-40(42)44/h1-31H. The molecule has 0 aliphatic carbocycles. The lowest BCUT2D eigenvalue weighted by Crippen LogP contribution is -2.10. The van der Waals surface area contributed by atoms with E-state index in [1.54, 1.807) is 0 Å². The molecule has 48 heavy (non-hydrogen) atoms. The highest BCUT2D eigenvalue weighted by atomic mass is 32.1. The van der Waals surface area contributed by atoms with Gasteiger partial charge in [0.2, 0.25) is 0 Å². The van der Waals surface area contributed by atoms with Crippen molar-refractivity contribution in [3.8, 4) is 33.4 Å². The summed E-state index contributed by atoms with van der Waals surface area (Å²) in [7, 11) is 0. The van der Waals surface area contributed by atoms with Crippen LogP contribution < -0.4 is 4.90 Å². The fourth-order valence-electron chi connectivity index (χ4n) is 6.87. The lowest BCUT2D eigenvalue weighted by atomic mass is 9.99. The topological polar surface area (TPSA) is 3.24 Å². The van der Waals surface area contributed by atoms with Gasteiger partial charge in [-0.05, 0) is 69.8 Å². The molecule has 0 saturated carbocycles. The van der Waals surface area contributed by atoms with Gasteiger partial charge in [-0.2, -0.15) is 0 Å². The first kappa shape index (κ1) is 28.3. The van der Waals surface area contributed by atoms with E-state index in [2.05, 4.69) is 193 Å². The molecule has 0 N–H and O–H groups in total. The predicted molar refractivity (Wildman–Crippen MR) is 208 cm³/mol. The van der Waals surface area contributed by atoms with Crippen LogP contribution >= 0.6 is 11.3 Å². The van der Waals surface area contributed by atoms with E-state index in [9.17, 15) is 0 Å².